The molecule has 142 valence electrons. The maximum absolute atomic E-state index is 11.5. The van der Waals surface area contributed by atoms with Crippen molar-refractivity contribution in [2.24, 2.45) is 0 Å². The number of nitrogens with zero attached hydrogens (tertiary/aromatic N) is 3. The smallest absolute Gasteiger partial charge is 0.305 e. The number of thioether (sulfide) groups is 1. The molecule has 0 amide bonds. The molecule has 0 saturated heterocycles. The molecule has 2 heterocycles. The van der Waals surface area contributed by atoms with Gasteiger partial charge in [0.2, 0.25) is 5.82 Å². The minimum atomic E-state index is -0.179. The molecule has 6 nitrogen and oxygen atoms in total. The lowest BCUT2D eigenvalue weighted by atomic mass is 10.2. The average molecular weight is 406 g/mol. The number of carbonyl (C=O) groups is 1. The van der Waals surface area contributed by atoms with Gasteiger partial charge in [-0.25, -0.2) is 0 Å². The van der Waals surface area contributed by atoms with E-state index < -0.39 is 0 Å². The zero-order valence-corrected chi connectivity index (χ0v) is 16.7. The molecule has 0 bridgehead atoms. The molecular formula is C19H20ClN3O3S. The number of esters is 1. The van der Waals surface area contributed by atoms with Crippen molar-refractivity contribution in [3.05, 3.63) is 47.2 Å². The molecule has 2 aromatic heterocycles. The van der Waals surface area contributed by atoms with Gasteiger partial charge >= 0.3 is 5.97 Å². The molecule has 0 N–H and O–H groups in total. The second kappa shape index (κ2) is 9.10. The number of benzene rings is 1. The highest BCUT2D eigenvalue weighted by molar-refractivity contribution is 7.99. The molecule has 27 heavy (non-hydrogen) atoms. The fourth-order valence-electron chi connectivity index (χ4n) is 2.58. The first kappa shape index (κ1) is 19.5. The van der Waals surface area contributed by atoms with Crippen molar-refractivity contribution < 1.29 is 13.9 Å². The topological polar surface area (TPSA) is 70.2 Å². The number of hydrogen-bond acceptors (Lipinski definition) is 6. The zero-order chi connectivity index (χ0) is 19.2. The van der Waals surface area contributed by atoms with Gasteiger partial charge in [-0.05, 0) is 50.1 Å². The molecule has 0 saturated carbocycles. The second-order valence-corrected chi connectivity index (χ2v) is 7.31. The SMILES string of the molecule is CCOC(=O)CCCSc1nnc(-c2ccco2)n1-c1cc(Cl)ccc1C. The molecule has 0 aliphatic heterocycles. The molecule has 3 aromatic rings. The van der Waals surface area contributed by atoms with Gasteiger partial charge < -0.3 is 9.15 Å². The van der Waals surface area contributed by atoms with E-state index in [1.165, 1.54) is 11.8 Å². The van der Waals surface area contributed by atoms with Gasteiger partial charge in [0.25, 0.3) is 0 Å². The van der Waals surface area contributed by atoms with E-state index in [0.717, 1.165) is 16.4 Å². The summed E-state index contributed by atoms with van der Waals surface area (Å²) in [6.07, 6.45) is 2.68. The number of rotatable bonds is 8. The number of ether oxygens (including phenoxy) is 1. The van der Waals surface area contributed by atoms with Crippen LogP contribution in [0.1, 0.15) is 25.3 Å². The van der Waals surface area contributed by atoms with E-state index in [4.69, 9.17) is 20.8 Å². The first-order valence-electron chi connectivity index (χ1n) is 8.64. The number of hydrogen-bond donors (Lipinski definition) is 0. The van der Waals surface area contributed by atoms with Gasteiger partial charge in [0.15, 0.2) is 10.9 Å². The van der Waals surface area contributed by atoms with Gasteiger partial charge in [0, 0.05) is 17.2 Å². The molecule has 0 unspecified atom stereocenters. The van der Waals surface area contributed by atoms with Crippen LogP contribution in [0.5, 0.6) is 0 Å². The Bertz CT molecular complexity index is 909. The quantitative estimate of drug-likeness (QED) is 0.301. The standard InChI is InChI=1S/C19H20ClN3O3S/c1-3-25-17(24)7-5-11-27-19-22-21-18(16-6-4-10-26-16)23(19)15-12-14(20)9-8-13(15)2/h4,6,8-10,12H,3,5,7,11H2,1-2H3. The van der Waals surface area contributed by atoms with Gasteiger partial charge in [0.1, 0.15) is 0 Å². The fraction of sp³-hybridized carbons (Fsp3) is 0.316. The van der Waals surface area contributed by atoms with Crippen molar-refractivity contribution in [3.8, 4) is 17.3 Å². The highest BCUT2D eigenvalue weighted by atomic mass is 35.5. The summed E-state index contributed by atoms with van der Waals surface area (Å²) in [5.74, 6) is 1.77. The van der Waals surface area contributed by atoms with Crippen molar-refractivity contribution >= 4 is 29.3 Å². The van der Waals surface area contributed by atoms with E-state index in [1.807, 2.05) is 41.8 Å². The Hall–Kier alpha value is -2.25. The normalized spacial score (nSPS) is 10.9. The third kappa shape index (κ3) is 4.73. The maximum atomic E-state index is 11.5. The summed E-state index contributed by atoms with van der Waals surface area (Å²) in [5, 5.41) is 9.99. The third-order valence-electron chi connectivity index (χ3n) is 3.85. The number of carbonyl (C=O) groups excluding carboxylic acids is 1. The van der Waals surface area contributed by atoms with Crippen LogP contribution >= 0.6 is 23.4 Å². The summed E-state index contributed by atoms with van der Waals surface area (Å²) in [6.45, 7) is 4.21. The molecular weight excluding hydrogens is 386 g/mol. The molecule has 3 rings (SSSR count). The Kier molecular flexibility index (Phi) is 6.58. The summed E-state index contributed by atoms with van der Waals surface area (Å²) < 4.78 is 12.4. The van der Waals surface area contributed by atoms with E-state index in [0.29, 0.717) is 41.8 Å². The van der Waals surface area contributed by atoms with Crippen LogP contribution in [0.15, 0.2) is 46.2 Å². The van der Waals surface area contributed by atoms with Crippen LogP contribution in [-0.2, 0) is 9.53 Å². The Balaban J connectivity index is 1.86. The highest BCUT2D eigenvalue weighted by Gasteiger charge is 2.19. The third-order valence-corrected chi connectivity index (χ3v) is 5.10. The zero-order valence-electron chi connectivity index (χ0n) is 15.1. The van der Waals surface area contributed by atoms with Gasteiger partial charge in [-0.1, -0.05) is 29.4 Å². The Morgan fingerprint density at radius 3 is 2.93 bits per heavy atom. The van der Waals surface area contributed by atoms with Crippen molar-refractivity contribution in [2.45, 2.75) is 31.8 Å². The van der Waals surface area contributed by atoms with Gasteiger partial charge in [-0.3, -0.25) is 9.36 Å². The highest BCUT2D eigenvalue weighted by Crippen LogP contribution is 2.31. The van der Waals surface area contributed by atoms with Crippen molar-refractivity contribution in [3.63, 3.8) is 0 Å². The van der Waals surface area contributed by atoms with Crippen LogP contribution in [0, 0.1) is 6.92 Å². The lowest BCUT2D eigenvalue weighted by Gasteiger charge is -2.12. The molecule has 0 spiro atoms. The summed E-state index contributed by atoms with van der Waals surface area (Å²) in [5.41, 5.74) is 1.94. The molecule has 0 aliphatic carbocycles. The molecule has 0 fully saturated rings. The fourth-order valence-corrected chi connectivity index (χ4v) is 3.63. The Morgan fingerprint density at radius 2 is 2.19 bits per heavy atom. The van der Waals surface area contributed by atoms with E-state index >= 15 is 0 Å². The summed E-state index contributed by atoms with van der Waals surface area (Å²) in [4.78, 5) is 11.5. The van der Waals surface area contributed by atoms with Crippen LogP contribution in [0.3, 0.4) is 0 Å². The van der Waals surface area contributed by atoms with Crippen LogP contribution < -0.4 is 0 Å². The lowest BCUT2D eigenvalue weighted by molar-refractivity contribution is -0.143. The summed E-state index contributed by atoms with van der Waals surface area (Å²) in [6, 6.07) is 9.35. The Morgan fingerprint density at radius 1 is 1.33 bits per heavy atom. The molecule has 8 heteroatoms. The average Bonchev–Trinajstić information content (AvgIpc) is 3.30. The molecule has 0 aliphatic rings. The molecule has 0 atom stereocenters. The van der Waals surface area contributed by atoms with Gasteiger partial charge in [-0.15, -0.1) is 10.2 Å². The van der Waals surface area contributed by atoms with Crippen LogP contribution in [0.25, 0.3) is 17.3 Å². The minimum absolute atomic E-state index is 0.179. The van der Waals surface area contributed by atoms with Crippen molar-refractivity contribution in [1.29, 1.82) is 0 Å². The lowest BCUT2D eigenvalue weighted by Crippen LogP contribution is -2.04. The number of aryl methyl sites for hydroxylation is 1. The Labute approximate surface area is 166 Å². The van der Waals surface area contributed by atoms with Crippen LogP contribution in [-0.4, -0.2) is 33.1 Å². The van der Waals surface area contributed by atoms with E-state index in [1.54, 1.807) is 13.2 Å². The largest absolute Gasteiger partial charge is 0.466 e. The van der Waals surface area contributed by atoms with E-state index in [-0.39, 0.29) is 5.97 Å². The summed E-state index contributed by atoms with van der Waals surface area (Å²) >= 11 is 7.75. The first-order valence-corrected chi connectivity index (χ1v) is 10.0. The predicted octanol–water partition coefficient (Wildman–Crippen LogP) is 4.92. The van der Waals surface area contributed by atoms with Crippen molar-refractivity contribution in [1.82, 2.24) is 14.8 Å². The number of furan rings is 1. The second-order valence-electron chi connectivity index (χ2n) is 5.81. The van der Waals surface area contributed by atoms with Crippen LogP contribution in [0.4, 0.5) is 0 Å². The first-order chi connectivity index (χ1) is 13.1. The minimum Gasteiger partial charge on any atom is -0.466 e. The maximum Gasteiger partial charge on any atom is 0.305 e. The van der Waals surface area contributed by atoms with E-state index in [2.05, 4.69) is 10.2 Å². The molecule has 1 aromatic carbocycles. The summed E-state index contributed by atoms with van der Waals surface area (Å²) in [7, 11) is 0. The number of halogens is 1. The van der Waals surface area contributed by atoms with Crippen LogP contribution in [0.2, 0.25) is 5.02 Å². The monoisotopic (exact) mass is 405 g/mol. The van der Waals surface area contributed by atoms with Crippen molar-refractivity contribution in [2.75, 3.05) is 12.4 Å². The van der Waals surface area contributed by atoms with Gasteiger partial charge in [-0.2, -0.15) is 0 Å². The van der Waals surface area contributed by atoms with E-state index in [9.17, 15) is 4.79 Å². The molecule has 0 radical (unpaired) electrons. The van der Waals surface area contributed by atoms with Gasteiger partial charge in [0.05, 0.1) is 18.6 Å². The number of aromatic nitrogens is 3. The predicted molar refractivity (Wildman–Crippen MR) is 105 cm³/mol.